The van der Waals surface area contributed by atoms with Crippen LogP contribution >= 0.6 is 0 Å². The number of aliphatic hydroxyl groups is 1. The van der Waals surface area contributed by atoms with Crippen molar-refractivity contribution in [1.29, 1.82) is 0 Å². The van der Waals surface area contributed by atoms with Crippen molar-refractivity contribution in [3.05, 3.63) is 0 Å². The van der Waals surface area contributed by atoms with Crippen LogP contribution in [0.3, 0.4) is 0 Å². The van der Waals surface area contributed by atoms with Crippen LogP contribution in [0, 0.1) is 5.92 Å². The van der Waals surface area contributed by atoms with Crippen LogP contribution in [0.5, 0.6) is 0 Å². The zero-order chi connectivity index (χ0) is 9.84. The fraction of sp³-hybridized carbons (Fsp3) is 1.00. The number of hydrogen-bond donors (Lipinski definition) is 2. The maximum Gasteiger partial charge on any atom is 0.0696 e. The van der Waals surface area contributed by atoms with Gasteiger partial charge in [0.15, 0.2) is 0 Å². The van der Waals surface area contributed by atoms with Crippen molar-refractivity contribution in [2.24, 2.45) is 5.92 Å². The molecule has 1 rings (SSSR count). The van der Waals surface area contributed by atoms with Gasteiger partial charge in [-0.15, -0.1) is 0 Å². The van der Waals surface area contributed by atoms with Crippen molar-refractivity contribution in [3.63, 3.8) is 0 Å². The Labute approximate surface area is 80.5 Å². The van der Waals surface area contributed by atoms with E-state index < -0.39 is 0 Å². The Morgan fingerprint density at radius 3 is 2.69 bits per heavy atom. The lowest BCUT2D eigenvalue weighted by Gasteiger charge is -2.19. The minimum Gasteiger partial charge on any atom is -0.391 e. The van der Waals surface area contributed by atoms with E-state index in [1.54, 1.807) is 7.11 Å². The van der Waals surface area contributed by atoms with Gasteiger partial charge in [0, 0.05) is 25.8 Å². The van der Waals surface area contributed by atoms with Crippen molar-refractivity contribution >= 4 is 0 Å². The van der Waals surface area contributed by atoms with E-state index in [2.05, 4.69) is 19.2 Å². The molecule has 1 fully saturated rings. The summed E-state index contributed by atoms with van der Waals surface area (Å²) in [5.74, 6) is 0.524. The van der Waals surface area contributed by atoms with Crippen molar-refractivity contribution in [2.75, 3.05) is 13.7 Å². The predicted molar refractivity (Wildman–Crippen MR) is 52.7 cm³/mol. The van der Waals surface area contributed by atoms with Gasteiger partial charge in [-0.2, -0.15) is 0 Å². The second-order valence-corrected chi connectivity index (χ2v) is 4.29. The fourth-order valence-corrected chi connectivity index (χ4v) is 2.10. The molecule has 0 saturated heterocycles. The highest BCUT2D eigenvalue weighted by Gasteiger charge is 2.32. The van der Waals surface area contributed by atoms with E-state index in [1.165, 1.54) is 0 Å². The molecule has 3 heteroatoms. The molecule has 0 aliphatic heterocycles. The summed E-state index contributed by atoms with van der Waals surface area (Å²) in [6.07, 6.45) is 1.72. The SMILES string of the molecule is COCC1CC(O)C(NC(C)C)C1. The normalized spacial score (nSPS) is 34.4. The molecule has 1 aliphatic carbocycles. The highest BCUT2D eigenvalue weighted by Crippen LogP contribution is 2.26. The van der Waals surface area contributed by atoms with E-state index in [1.807, 2.05) is 0 Å². The Balaban J connectivity index is 2.32. The van der Waals surface area contributed by atoms with Gasteiger partial charge in [-0.25, -0.2) is 0 Å². The Morgan fingerprint density at radius 1 is 1.46 bits per heavy atom. The van der Waals surface area contributed by atoms with Gasteiger partial charge < -0.3 is 15.2 Å². The monoisotopic (exact) mass is 187 g/mol. The van der Waals surface area contributed by atoms with Gasteiger partial charge in [0.25, 0.3) is 0 Å². The van der Waals surface area contributed by atoms with Gasteiger partial charge in [-0.05, 0) is 18.8 Å². The standard InChI is InChI=1S/C10H21NO2/c1-7(2)11-9-4-8(6-13-3)5-10(9)12/h7-12H,4-6H2,1-3H3. The Hall–Kier alpha value is -0.120. The number of methoxy groups -OCH3 is 1. The molecular formula is C10H21NO2. The Bertz CT molecular complexity index is 150. The minimum atomic E-state index is -0.192. The summed E-state index contributed by atoms with van der Waals surface area (Å²) in [5, 5.41) is 13.1. The highest BCUT2D eigenvalue weighted by atomic mass is 16.5. The third-order valence-electron chi connectivity index (χ3n) is 2.58. The topological polar surface area (TPSA) is 41.5 Å². The van der Waals surface area contributed by atoms with E-state index in [0.717, 1.165) is 19.4 Å². The quantitative estimate of drug-likeness (QED) is 0.683. The molecule has 3 unspecified atom stereocenters. The summed E-state index contributed by atoms with van der Waals surface area (Å²) < 4.78 is 5.09. The summed E-state index contributed by atoms with van der Waals surface area (Å²) in [6.45, 7) is 4.99. The number of ether oxygens (including phenoxy) is 1. The van der Waals surface area contributed by atoms with E-state index in [4.69, 9.17) is 4.74 Å². The average Bonchev–Trinajstić information content (AvgIpc) is 2.31. The van der Waals surface area contributed by atoms with Gasteiger partial charge in [-0.3, -0.25) is 0 Å². The fourth-order valence-electron chi connectivity index (χ4n) is 2.10. The zero-order valence-corrected chi connectivity index (χ0v) is 8.79. The second kappa shape index (κ2) is 4.94. The summed E-state index contributed by atoms with van der Waals surface area (Å²) in [4.78, 5) is 0. The number of nitrogens with one attached hydrogen (secondary N) is 1. The lowest BCUT2D eigenvalue weighted by atomic mass is 10.1. The van der Waals surface area contributed by atoms with Crippen LogP contribution < -0.4 is 5.32 Å². The van der Waals surface area contributed by atoms with Gasteiger partial charge in [0.2, 0.25) is 0 Å². The highest BCUT2D eigenvalue weighted by molar-refractivity contribution is 4.88. The molecule has 0 aromatic carbocycles. The number of rotatable bonds is 4. The minimum absolute atomic E-state index is 0.192. The van der Waals surface area contributed by atoms with Crippen molar-refractivity contribution < 1.29 is 9.84 Å². The third-order valence-corrected chi connectivity index (χ3v) is 2.58. The van der Waals surface area contributed by atoms with Gasteiger partial charge >= 0.3 is 0 Å². The molecule has 13 heavy (non-hydrogen) atoms. The molecular weight excluding hydrogens is 166 g/mol. The van der Waals surface area contributed by atoms with E-state index in [-0.39, 0.29) is 12.1 Å². The summed E-state index contributed by atoms with van der Waals surface area (Å²) >= 11 is 0. The van der Waals surface area contributed by atoms with Crippen LogP contribution in [-0.4, -0.2) is 37.0 Å². The Morgan fingerprint density at radius 2 is 2.15 bits per heavy atom. The van der Waals surface area contributed by atoms with Crippen LogP contribution in [0.15, 0.2) is 0 Å². The first-order valence-electron chi connectivity index (χ1n) is 5.06. The molecule has 0 bridgehead atoms. The van der Waals surface area contributed by atoms with E-state index >= 15 is 0 Å². The molecule has 1 saturated carbocycles. The van der Waals surface area contributed by atoms with Crippen molar-refractivity contribution in [1.82, 2.24) is 5.32 Å². The first-order valence-corrected chi connectivity index (χ1v) is 5.06. The van der Waals surface area contributed by atoms with Gasteiger partial charge in [-0.1, -0.05) is 13.8 Å². The van der Waals surface area contributed by atoms with Crippen molar-refractivity contribution in [2.45, 2.75) is 44.9 Å². The van der Waals surface area contributed by atoms with E-state index in [0.29, 0.717) is 12.0 Å². The molecule has 2 N–H and O–H groups in total. The maximum absolute atomic E-state index is 9.72. The average molecular weight is 187 g/mol. The lowest BCUT2D eigenvalue weighted by molar-refractivity contribution is 0.127. The lowest BCUT2D eigenvalue weighted by Crippen LogP contribution is -2.39. The largest absolute Gasteiger partial charge is 0.391 e. The molecule has 1 aliphatic rings. The van der Waals surface area contributed by atoms with Crippen LogP contribution in [-0.2, 0) is 4.74 Å². The zero-order valence-electron chi connectivity index (χ0n) is 8.79. The van der Waals surface area contributed by atoms with Crippen molar-refractivity contribution in [3.8, 4) is 0 Å². The predicted octanol–water partition coefficient (Wildman–Crippen LogP) is 0.770. The van der Waals surface area contributed by atoms with Gasteiger partial charge in [0.05, 0.1) is 6.10 Å². The summed E-state index contributed by atoms with van der Waals surface area (Å²) in [7, 11) is 1.72. The van der Waals surface area contributed by atoms with Crippen LogP contribution in [0.4, 0.5) is 0 Å². The molecule has 0 heterocycles. The summed E-state index contributed by atoms with van der Waals surface area (Å²) in [6, 6.07) is 0.709. The molecule has 0 amide bonds. The smallest absolute Gasteiger partial charge is 0.0696 e. The summed E-state index contributed by atoms with van der Waals surface area (Å²) in [5.41, 5.74) is 0. The maximum atomic E-state index is 9.72. The van der Waals surface area contributed by atoms with Crippen LogP contribution in [0.25, 0.3) is 0 Å². The first-order chi connectivity index (χ1) is 6.13. The molecule has 78 valence electrons. The molecule has 0 spiro atoms. The first kappa shape index (κ1) is 11.0. The molecule has 3 nitrogen and oxygen atoms in total. The third kappa shape index (κ3) is 3.25. The molecule has 0 radical (unpaired) electrons. The van der Waals surface area contributed by atoms with E-state index in [9.17, 15) is 5.11 Å². The number of hydrogen-bond acceptors (Lipinski definition) is 3. The van der Waals surface area contributed by atoms with Gasteiger partial charge in [0.1, 0.15) is 0 Å². The number of aliphatic hydroxyl groups excluding tert-OH is 1. The molecule has 0 aromatic heterocycles. The molecule has 0 aromatic rings. The molecule has 3 atom stereocenters. The second-order valence-electron chi connectivity index (χ2n) is 4.29. The van der Waals surface area contributed by atoms with Crippen LogP contribution in [0.1, 0.15) is 26.7 Å². The van der Waals surface area contributed by atoms with Crippen LogP contribution in [0.2, 0.25) is 0 Å². The Kier molecular flexibility index (Phi) is 4.16.